The molecule has 2 N–H and O–H groups in total. The van der Waals surface area contributed by atoms with Gasteiger partial charge in [0.25, 0.3) is 0 Å². The molecule has 4 heteroatoms. The van der Waals surface area contributed by atoms with Crippen LogP contribution in [-0.4, -0.2) is 23.5 Å². The van der Waals surface area contributed by atoms with Gasteiger partial charge >= 0.3 is 0 Å². The lowest BCUT2D eigenvalue weighted by Crippen LogP contribution is -2.30. The number of para-hydroxylation sites is 1. The highest BCUT2D eigenvalue weighted by Gasteiger charge is 2.08. The van der Waals surface area contributed by atoms with Gasteiger partial charge in [-0.15, -0.1) is 0 Å². The van der Waals surface area contributed by atoms with E-state index in [2.05, 4.69) is 15.6 Å². The maximum Gasteiger partial charge on any atom is 0.225 e. The van der Waals surface area contributed by atoms with Gasteiger partial charge in [-0.3, -0.25) is 9.78 Å². The molecule has 0 spiro atoms. The highest BCUT2D eigenvalue weighted by atomic mass is 16.1. The highest BCUT2D eigenvalue weighted by molar-refractivity contribution is 5.93. The van der Waals surface area contributed by atoms with Crippen LogP contribution in [0.4, 0.5) is 5.69 Å². The molecular formula is C15H19N3O. The van der Waals surface area contributed by atoms with Crippen LogP contribution < -0.4 is 10.6 Å². The zero-order chi connectivity index (χ0) is 13.7. The summed E-state index contributed by atoms with van der Waals surface area (Å²) in [4.78, 5) is 16.2. The standard InChI is InChI=1S/C15H19N3O/c1-3-16-11(2)8-15(19)18-13-9-12-6-4-5-7-14(12)17-10-13/h4-7,9-11,16H,3,8H2,1-2H3,(H,18,19). The Kier molecular flexibility index (Phi) is 4.47. The molecule has 0 aliphatic rings. The number of carbonyl (C=O) groups is 1. The number of amides is 1. The quantitative estimate of drug-likeness (QED) is 0.865. The highest BCUT2D eigenvalue weighted by Crippen LogP contribution is 2.16. The Balaban J connectivity index is 2.02. The van der Waals surface area contributed by atoms with Gasteiger partial charge in [-0.05, 0) is 25.6 Å². The summed E-state index contributed by atoms with van der Waals surface area (Å²) in [6.45, 7) is 4.90. The smallest absolute Gasteiger partial charge is 0.225 e. The fraction of sp³-hybridized carbons (Fsp3) is 0.333. The maximum atomic E-state index is 11.9. The Hall–Kier alpha value is -1.94. The Bertz CT molecular complexity index is 568. The van der Waals surface area contributed by atoms with Gasteiger partial charge in [0.1, 0.15) is 0 Å². The lowest BCUT2D eigenvalue weighted by Gasteiger charge is -2.12. The first-order chi connectivity index (χ1) is 9.19. The Morgan fingerprint density at radius 3 is 2.95 bits per heavy atom. The van der Waals surface area contributed by atoms with Crippen molar-refractivity contribution in [1.82, 2.24) is 10.3 Å². The molecule has 1 heterocycles. The molecule has 0 bridgehead atoms. The van der Waals surface area contributed by atoms with Gasteiger partial charge in [-0.2, -0.15) is 0 Å². The first kappa shape index (κ1) is 13.5. The Morgan fingerprint density at radius 2 is 2.16 bits per heavy atom. The molecule has 0 fully saturated rings. The SMILES string of the molecule is CCNC(C)CC(=O)Nc1cnc2ccccc2c1. The van der Waals surface area contributed by atoms with Gasteiger partial charge in [0.2, 0.25) is 5.91 Å². The van der Waals surface area contributed by atoms with E-state index in [4.69, 9.17) is 0 Å². The summed E-state index contributed by atoms with van der Waals surface area (Å²) in [5.41, 5.74) is 1.67. The van der Waals surface area contributed by atoms with Gasteiger partial charge < -0.3 is 10.6 Å². The van der Waals surface area contributed by atoms with Gasteiger partial charge in [-0.25, -0.2) is 0 Å². The van der Waals surface area contributed by atoms with Crippen LogP contribution >= 0.6 is 0 Å². The number of carbonyl (C=O) groups excluding carboxylic acids is 1. The van der Waals surface area contributed by atoms with Crippen LogP contribution in [0.5, 0.6) is 0 Å². The molecule has 2 aromatic rings. The molecule has 1 amide bonds. The summed E-state index contributed by atoms with van der Waals surface area (Å²) < 4.78 is 0. The number of nitrogens with one attached hydrogen (secondary N) is 2. The van der Waals surface area contributed by atoms with Crippen LogP contribution in [0, 0.1) is 0 Å². The van der Waals surface area contributed by atoms with Crippen LogP contribution in [0.25, 0.3) is 10.9 Å². The van der Waals surface area contributed by atoms with Crippen molar-refractivity contribution in [2.75, 3.05) is 11.9 Å². The normalized spacial score (nSPS) is 12.3. The first-order valence-electron chi connectivity index (χ1n) is 6.57. The predicted octanol–water partition coefficient (Wildman–Crippen LogP) is 2.56. The van der Waals surface area contributed by atoms with E-state index < -0.39 is 0 Å². The third kappa shape index (κ3) is 3.76. The Morgan fingerprint density at radius 1 is 1.37 bits per heavy atom. The van der Waals surface area contributed by atoms with Crippen molar-refractivity contribution < 1.29 is 4.79 Å². The summed E-state index contributed by atoms with van der Waals surface area (Å²) >= 11 is 0. The summed E-state index contributed by atoms with van der Waals surface area (Å²) in [6.07, 6.45) is 2.15. The summed E-state index contributed by atoms with van der Waals surface area (Å²) in [5.74, 6) is 0.00512. The lowest BCUT2D eigenvalue weighted by molar-refractivity contribution is -0.116. The molecule has 1 aromatic heterocycles. The van der Waals surface area contributed by atoms with Crippen molar-refractivity contribution in [3.05, 3.63) is 36.5 Å². The minimum absolute atomic E-state index is 0.00512. The largest absolute Gasteiger partial charge is 0.325 e. The predicted molar refractivity (Wildman–Crippen MR) is 78.1 cm³/mol. The van der Waals surface area contributed by atoms with E-state index in [0.717, 1.165) is 23.1 Å². The summed E-state index contributed by atoms with van der Waals surface area (Å²) in [6, 6.07) is 9.97. The van der Waals surface area contributed by atoms with E-state index in [9.17, 15) is 4.79 Å². The number of anilines is 1. The maximum absolute atomic E-state index is 11.9. The van der Waals surface area contributed by atoms with Crippen molar-refractivity contribution in [3.63, 3.8) is 0 Å². The van der Waals surface area contributed by atoms with Crippen molar-refractivity contribution in [3.8, 4) is 0 Å². The molecule has 0 aliphatic carbocycles. The number of aromatic nitrogens is 1. The fourth-order valence-electron chi connectivity index (χ4n) is 2.05. The fourth-order valence-corrected chi connectivity index (χ4v) is 2.05. The summed E-state index contributed by atoms with van der Waals surface area (Å²) in [5, 5.41) is 7.13. The average molecular weight is 257 g/mol. The lowest BCUT2D eigenvalue weighted by atomic mass is 10.2. The second-order valence-corrected chi connectivity index (χ2v) is 4.63. The molecule has 1 atom stereocenters. The zero-order valence-electron chi connectivity index (χ0n) is 11.3. The van der Waals surface area contributed by atoms with Crippen LogP contribution in [0.15, 0.2) is 36.5 Å². The van der Waals surface area contributed by atoms with Crippen molar-refractivity contribution in [2.24, 2.45) is 0 Å². The minimum atomic E-state index is 0.00512. The molecule has 0 radical (unpaired) electrons. The molecule has 19 heavy (non-hydrogen) atoms. The zero-order valence-corrected chi connectivity index (χ0v) is 11.3. The van der Waals surface area contributed by atoms with E-state index in [0.29, 0.717) is 6.42 Å². The van der Waals surface area contributed by atoms with Crippen molar-refractivity contribution >= 4 is 22.5 Å². The van der Waals surface area contributed by atoms with E-state index in [1.807, 2.05) is 44.2 Å². The van der Waals surface area contributed by atoms with Gasteiger partial charge in [0.15, 0.2) is 0 Å². The first-order valence-corrected chi connectivity index (χ1v) is 6.57. The third-order valence-electron chi connectivity index (χ3n) is 2.92. The summed E-state index contributed by atoms with van der Waals surface area (Å²) in [7, 11) is 0. The number of fused-ring (bicyclic) bond motifs is 1. The number of benzene rings is 1. The minimum Gasteiger partial charge on any atom is -0.325 e. The van der Waals surface area contributed by atoms with Crippen molar-refractivity contribution in [2.45, 2.75) is 26.3 Å². The van der Waals surface area contributed by atoms with Crippen LogP contribution in [-0.2, 0) is 4.79 Å². The van der Waals surface area contributed by atoms with Crippen LogP contribution in [0.3, 0.4) is 0 Å². The van der Waals surface area contributed by atoms with E-state index >= 15 is 0 Å². The second kappa shape index (κ2) is 6.29. The molecule has 1 aromatic carbocycles. The van der Waals surface area contributed by atoms with Gasteiger partial charge in [-0.1, -0.05) is 25.1 Å². The number of hydrogen-bond acceptors (Lipinski definition) is 3. The van der Waals surface area contributed by atoms with Gasteiger partial charge in [0.05, 0.1) is 17.4 Å². The third-order valence-corrected chi connectivity index (χ3v) is 2.92. The van der Waals surface area contributed by atoms with E-state index in [-0.39, 0.29) is 11.9 Å². The average Bonchev–Trinajstić information content (AvgIpc) is 2.38. The topological polar surface area (TPSA) is 54.0 Å². The van der Waals surface area contributed by atoms with Crippen molar-refractivity contribution in [1.29, 1.82) is 0 Å². The number of rotatable bonds is 5. The molecule has 1 unspecified atom stereocenters. The van der Waals surface area contributed by atoms with E-state index in [1.165, 1.54) is 0 Å². The van der Waals surface area contributed by atoms with Crippen LogP contribution in [0.2, 0.25) is 0 Å². The van der Waals surface area contributed by atoms with Gasteiger partial charge in [0, 0.05) is 17.8 Å². The number of pyridine rings is 1. The monoisotopic (exact) mass is 257 g/mol. The van der Waals surface area contributed by atoms with E-state index in [1.54, 1.807) is 6.20 Å². The molecule has 100 valence electrons. The molecule has 2 rings (SSSR count). The Labute approximate surface area is 113 Å². The molecule has 0 saturated carbocycles. The molecule has 0 saturated heterocycles. The second-order valence-electron chi connectivity index (χ2n) is 4.63. The van der Waals surface area contributed by atoms with Crippen LogP contribution in [0.1, 0.15) is 20.3 Å². The molecule has 0 aliphatic heterocycles. The number of hydrogen-bond donors (Lipinski definition) is 2. The number of nitrogens with zero attached hydrogens (tertiary/aromatic N) is 1. The molecular weight excluding hydrogens is 238 g/mol. The molecule has 4 nitrogen and oxygen atoms in total.